The quantitative estimate of drug-likeness (QED) is 0.364. The lowest BCUT2D eigenvalue weighted by Gasteiger charge is -2.20. The van der Waals surface area contributed by atoms with Crippen LogP contribution in [0.25, 0.3) is 11.3 Å². The monoisotopic (exact) mass is 473 g/mol. The molecule has 0 saturated heterocycles. The van der Waals surface area contributed by atoms with Crippen LogP contribution in [0.5, 0.6) is 0 Å². The molecule has 170 valence electrons. The Bertz CT molecular complexity index is 1190. The fourth-order valence-corrected chi connectivity index (χ4v) is 5.62. The number of carbonyl (C=O) groups is 1. The largest absolute Gasteiger partial charge is 0.337 e. The number of hydrogen-bond donors (Lipinski definition) is 2. The second-order valence-corrected chi connectivity index (χ2v) is 9.94. The van der Waals surface area contributed by atoms with Gasteiger partial charge in [0.1, 0.15) is 0 Å². The normalized spacial score (nSPS) is 11.6. The highest BCUT2D eigenvalue weighted by Crippen LogP contribution is 2.25. The number of carbonyl (C=O) groups excluding carboxylic acids is 1. The van der Waals surface area contributed by atoms with E-state index >= 15 is 0 Å². The molecule has 1 aromatic heterocycles. The SMILES string of the molecule is CCN(CC)S(=O)(=O)c1cc(NC(=O)CSc2nc(-c3ccccc3)cn2N)ccc1C. The summed E-state index contributed by atoms with van der Waals surface area (Å²) in [7, 11) is -3.63. The minimum Gasteiger partial charge on any atom is -0.337 e. The van der Waals surface area contributed by atoms with Crippen molar-refractivity contribution in [2.75, 3.05) is 30.0 Å². The summed E-state index contributed by atoms with van der Waals surface area (Å²) in [5.41, 5.74) is 2.71. The number of anilines is 1. The molecule has 0 aliphatic carbocycles. The number of nitrogen functional groups attached to an aromatic ring is 1. The van der Waals surface area contributed by atoms with E-state index in [4.69, 9.17) is 5.84 Å². The molecule has 0 aliphatic rings. The standard InChI is InChI=1S/C22H27N5O3S2/c1-4-26(5-2)32(29,30)20-13-18(12-11-16(20)3)24-21(28)15-31-22-25-19(14-27(22)23)17-9-7-6-8-10-17/h6-14H,4-5,15,23H2,1-3H3,(H,24,28). The number of nitrogens with one attached hydrogen (secondary N) is 1. The summed E-state index contributed by atoms with van der Waals surface area (Å²) >= 11 is 1.20. The maximum atomic E-state index is 12.9. The van der Waals surface area contributed by atoms with Gasteiger partial charge in [0.15, 0.2) is 5.16 Å². The molecule has 32 heavy (non-hydrogen) atoms. The first-order chi connectivity index (χ1) is 15.3. The van der Waals surface area contributed by atoms with Crippen molar-refractivity contribution in [1.82, 2.24) is 14.0 Å². The molecule has 1 heterocycles. The molecule has 0 radical (unpaired) electrons. The van der Waals surface area contributed by atoms with Crippen molar-refractivity contribution in [1.29, 1.82) is 0 Å². The van der Waals surface area contributed by atoms with E-state index < -0.39 is 10.0 Å². The van der Waals surface area contributed by atoms with E-state index in [0.29, 0.717) is 29.5 Å². The Morgan fingerprint density at radius 1 is 1.16 bits per heavy atom. The van der Waals surface area contributed by atoms with Crippen LogP contribution in [0.2, 0.25) is 0 Å². The minimum atomic E-state index is -3.63. The second kappa shape index (κ2) is 10.2. The van der Waals surface area contributed by atoms with Crippen LogP contribution in [0.4, 0.5) is 5.69 Å². The third-order valence-electron chi connectivity index (χ3n) is 4.90. The molecule has 3 rings (SSSR count). The van der Waals surface area contributed by atoms with Gasteiger partial charge in [0.2, 0.25) is 15.9 Å². The Morgan fingerprint density at radius 2 is 1.84 bits per heavy atom. The van der Waals surface area contributed by atoms with E-state index in [-0.39, 0.29) is 16.6 Å². The molecule has 0 atom stereocenters. The van der Waals surface area contributed by atoms with E-state index in [1.807, 2.05) is 30.3 Å². The van der Waals surface area contributed by atoms with E-state index in [1.54, 1.807) is 39.1 Å². The first-order valence-electron chi connectivity index (χ1n) is 10.2. The summed E-state index contributed by atoms with van der Waals surface area (Å²) in [6.07, 6.45) is 1.71. The van der Waals surface area contributed by atoms with Crippen LogP contribution in [-0.2, 0) is 14.8 Å². The van der Waals surface area contributed by atoms with Gasteiger partial charge in [-0.1, -0.05) is 62.0 Å². The number of imidazole rings is 1. The van der Waals surface area contributed by atoms with Crippen molar-refractivity contribution in [2.45, 2.75) is 30.8 Å². The molecule has 0 bridgehead atoms. The van der Waals surface area contributed by atoms with Gasteiger partial charge in [-0.25, -0.2) is 18.1 Å². The zero-order chi connectivity index (χ0) is 23.3. The summed E-state index contributed by atoms with van der Waals surface area (Å²) in [5, 5.41) is 3.27. The van der Waals surface area contributed by atoms with E-state index in [0.717, 1.165) is 11.3 Å². The van der Waals surface area contributed by atoms with Crippen LogP contribution in [0.3, 0.4) is 0 Å². The Morgan fingerprint density at radius 3 is 2.50 bits per heavy atom. The van der Waals surface area contributed by atoms with Gasteiger partial charge in [-0.05, 0) is 24.6 Å². The number of aromatic nitrogens is 2. The van der Waals surface area contributed by atoms with Crippen molar-refractivity contribution in [2.24, 2.45) is 0 Å². The van der Waals surface area contributed by atoms with Crippen LogP contribution in [0.1, 0.15) is 19.4 Å². The number of amides is 1. The van der Waals surface area contributed by atoms with Crippen LogP contribution in [0, 0.1) is 6.92 Å². The number of nitrogens with zero attached hydrogens (tertiary/aromatic N) is 3. The van der Waals surface area contributed by atoms with Gasteiger partial charge in [-0.15, -0.1) is 0 Å². The van der Waals surface area contributed by atoms with E-state index in [9.17, 15) is 13.2 Å². The van der Waals surface area contributed by atoms with Crippen molar-refractivity contribution >= 4 is 33.4 Å². The Kier molecular flexibility index (Phi) is 7.60. The van der Waals surface area contributed by atoms with Crippen LogP contribution >= 0.6 is 11.8 Å². The molecular formula is C22H27N5O3S2. The third-order valence-corrected chi connectivity index (χ3v) is 8.05. The number of sulfonamides is 1. The lowest BCUT2D eigenvalue weighted by atomic mass is 10.2. The van der Waals surface area contributed by atoms with Gasteiger partial charge in [0.25, 0.3) is 0 Å². The average molecular weight is 474 g/mol. The van der Waals surface area contributed by atoms with Gasteiger partial charge in [-0.2, -0.15) is 4.31 Å². The van der Waals surface area contributed by atoms with Crippen LogP contribution in [-0.4, -0.2) is 47.1 Å². The summed E-state index contributed by atoms with van der Waals surface area (Å²) in [6.45, 7) is 6.08. The number of rotatable bonds is 9. The molecule has 8 nitrogen and oxygen atoms in total. The summed E-state index contributed by atoms with van der Waals surface area (Å²) < 4.78 is 28.6. The Hall–Kier alpha value is -2.82. The molecular weight excluding hydrogens is 446 g/mol. The maximum absolute atomic E-state index is 12.9. The minimum absolute atomic E-state index is 0.0778. The predicted molar refractivity (Wildman–Crippen MR) is 128 cm³/mol. The molecule has 0 spiro atoms. The summed E-state index contributed by atoms with van der Waals surface area (Å²) in [6, 6.07) is 14.5. The topological polar surface area (TPSA) is 110 Å². The van der Waals surface area contributed by atoms with Crippen LogP contribution in [0.15, 0.2) is 64.8 Å². The van der Waals surface area contributed by atoms with Crippen molar-refractivity contribution in [3.05, 3.63) is 60.3 Å². The molecule has 0 unspecified atom stereocenters. The lowest BCUT2D eigenvalue weighted by molar-refractivity contribution is -0.113. The number of thioether (sulfide) groups is 1. The third kappa shape index (κ3) is 5.32. The highest BCUT2D eigenvalue weighted by molar-refractivity contribution is 7.99. The Balaban J connectivity index is 1.69. The number of hydrogen-bond acceptors (Lipinski definition) is 6. The van der Waals surface area contributed by atoms with Crippen molar-refractivity contribution in [3.63, 3.8) is 0 Å². The zero-order valence-electron chi connectivity index (χ0n) is 18.3. The maximum Gasteiger partial charge on any atom is 0.243 e. The lowest BCUT2D eigenvalue weighted by Crippen LogP contribution is -2.31. The van der Waals surface area contributed by atoms with E-state index in [2.05, 4.69) is 10.3 Å². The number of nitrogens with two attached hydrogens (primary N) is 1. The molecule has 2 aromatic carbocycles. The first kappa shape index (κ1) is 23.8. The predicted octanol–water partition coefficient (Wildman–Crippen LogP) is 3.33. The molecule has 3 aromatic rings. The van der Waals surface area contributed by atoms with Gasteiger partial charge >= 0.3 is 0 Å². The van der Waals surface area contributed by atoms with E-state index in [1.165, 1.54) is 26.8 Å². The molecule has 0 aliphatic heterocycles. The van der Waals surface area contributed by atoms with Gasteiger partial charge < -0.3 is 11.2 Å². The van der Waals surface area contributed by atoms with Crippen molar-refractivity contribution in [3.8, 4) is 11.3 Å². The molecule has 0 fully saturated rings. The number of benzene rings is 2. The fourth-order valence-electron chi connectivity index (χ4n) is 3.22. The average Bonchev–Trinajstić information content (AvgIpc) is 3.15. The second-order valence-electron chi connectivity index (χ2n) is 7.09. The molecule has 0 saturated carbocycles. The molecule has 3 N–H and O–H groups in total. The highest BCUT2D eigenvalue weighted by atomic mass is 32.2. The highest BCUT2D eigenvalue weighted by Gasteiger charge is 2.24. The molecule has 10 heteroatoms. The smallest absolute Gasteiger partial charge is 0.243 e. The Labute approximate surface area is 192 Å². The van der Waals surface area contributed by atoms with Gasteiger partial charge in [0, 0.05) is 24.3 Å². The zero-order valence-corrected chi connectivity index (χ0v) is 19.9. The number of aryl methyl sites for hydroxylation is 1. The summed E-state index contributed by atoms with van der Waals surface area (Å²) in [5.74, 6) is 5.78. The van der Waals surface area contributed by atoms with Crippen molar-refractivity contribution < 1.29 is 13.2 Å². The first-order valence-corrected chi connectivity index (χ1v) is 12.6. The fraction of sp³-hybridized carbons (Fsp3) is 0.273. The van der Waals surface area contributed by atoms with Gasteiger partial charge in [0.05, 0.1) is 22.5 Å². The summed E-state index contributed by atoms with van der Waals surface area (Å²) in [4.78, 5) is 17.2. The molecule has 1 amide bonds. The van der Waals surface area contributed by atoms with Crippen LogP contribution < -0.4 is 11.2 Å². The van der Waals surface area contributed by atoms with Gasteiger partial charge in [-0.3, -0.25) is 4.79 Å².